The highest BCUT2D eigenvalue weighted by Gasteiger charge is 2.77. The Labute approximate surface area is 567 Å². The molecule has 494 valence electrons. The molecule has 0 radical (unpaired) electrons. The number of halogens is 1. The fourth-order valence-corrected chi connectivity index (χ4v) is 19.3. The van der Waals surface area contributed by atoms with Crippen molar-refractivity contribution in [2.75, 3.05) is 34.3 Å². The minimum atomic E-state index is -0.693. The van der Waals surface area contributed by atoms with Crippen LogP contribution in [0.2, 0.25) is 5.15 Å². The van der Waals surface area contributed by atoms with Crippen molar-refractivity contribution >= 4 is 61.8 Å². The van der Waals surface area contributed by atoms with E-state index in [1.165, 1.54) is 24.7 Å². The number of aromatic amines is 1. The van der Waals surface area contributed by atoms with Gasteiger partial charge in [-0.3, -0.25) is 5.10 Å². The summed E-state index contributed by atoms with van der Waals surface area (Å²) in [5.41, 5.74) is 4.24. The van der Waals surface area contributed by atoms with Crippen molar-refractivity contribution in [2.45, 2.75) is 189 Å². The summed E-state index contributed by atoms with van der Waals surface area (Å²) >= 11 is 5.88. The third kappa shape index (κ3) is 8.77. The van der Waals surface area contributed by atoms with E-state index in [1.54, 1.807) is 18.7 Å². The minimum Gasteiger partial charge on any atom is -0.390 e. The van der Waals surface area contributed by atoms with Gasteiger partial charge in [0.1, 0.15) is 41.6 Å². The Hall–Kier alpha value is -8.65. The zero-order chi connectivity index (χ0) is 66.9. The number of rotatable bonds is 11. The monoisotopic (exact) mass is 1310 g/mol. The molecule has 15 fully saturated rings. The first-order valence-electron chi connectivity index (χ1n) is 34.5. The van der Waals surface area contributed by atoms with Gasteiger partial charge in [-0.2, -0.15) is 31.1 Å². The van der Waals surface area contributed by atoms with Gasteiger partial charge in [-0.15, -0.1) is 0 Å². The van der Waals surface area contributed by atoms with Crippen LogP contribution in [0.15, 0.2) is 110 Å². The first kappa shape index (κ1) is 60.7. The van der Waals surface area contributed by atoms with Crippen LogP contribution in [-0.4, -0.2) is 130 Å². The summed E-state index contributed by atoms with van der Waals surface area (Å²) in [4.78, 5) is 33.2. The van der Waals surface area contributed by atoms with Crippen molar-refractivity contribution in [1.82, 2.24) is 59.7 Å². The molecule has 4 N–H and O–H groups in total. The molecule has 6 aliphatic heterocycles. The lowest BCUT2D eigenvalue weighted by molar-refractivity contribution is -0.0755. The van der Waals surface area contributed by atoms with E-state index in [9.17, 15) is 31.1 Å². The lowest BCUT2D eigenvalue weighted by atomic mass is 9.61. The number of aliphatic hydroxyl groups is 3. The van der Waals surface area contributed by atoms with Gasteiger partial charge in [-0.1, -0.05) is 48.0 Å². The van der Waals surface area contributed by atoms with E-state index in [4.69, 9.17) is 11.6 Å². The van der Waals surface area contributed by atoms with Gasteiger partial charge in [0.15, 0.2) is 11.6 Å². The number of nitrogens with one attached hydrogen (secondary N) is 1. The molecule has 0 amide bonds. The van der Waals surface area contributed by atoms with Crippen molar-refractivity contribution in [3.8, 4) is 29.8 Å². The second-order valence-electron chi connectivity index (χ2n) is 33.0. The Balaban J connectivity index is 0.0000000985. The Morgan fingerprint density at radius 2 is 0.804 bits per heavy atom. The van der Waals surface area contributed by atoms with Crippen LogP contribution < -0.4 is 14.7 Å². The van der Waals surface area contributed by atoms with Gasteiger partial charge < -0.3 is 30.0 Å². The lowest BCUT2D eigenvalue weighted by Crippen LogP contribution is -2.50. The molecular weight excluding hydrogens is 1240 g/mol. The summed E-state index contributed by atoms with van der Waals surface area (Å²) < 4.78 is 3.73. The number of hydrogen-bond acceptors (Lipinski definition) is 18. The molecule has 0 unspecified atom stereocenters. The molecular formula is C75H79ClN18O3. The lowest BCUT2D eigenvalue weighted by Gasteiger charge is -2.45. The van der Waals surface area contributed by atoms with Crippen molar-refractivity contribution in [2.24, 2.45) is 32.5 Å². The minimum absolute atomic E-state index is 0.0229. The molecule has 21 nitrogen and oxygen atoms in total. The maximum Gasteiger partial charge on any atom is 0.159 e. The number of fused-ring (bicyclic) bond motifs is 6. The zero-order valence-electron chi connectivity index (χ0n) is 55.7. The van der Waals surface area contributed by atoms with Crippen LogP contribution in [0.25, 0.3) is 44.3 Å². The SMILES string of the molecule is CC(C)(O)C12CC(C1)N(c1cc(-n3ncc4ccc([C@]5(C#N)CC56CC6)cc43)ncn1)C2.CC(C)(O)C12CC(C1)N(c1cc(-n3ncc4ccc([C@]5(C#N)CC56CC6)cc43)ncn1)C2.CC(C)(O)C12CC(C1)N(c1cc(Cl)ncn1)C2.N#C[C@@]1(c2ccc3cn[nH]c3c2)CC12CC2. The Morgan fingerprint density at radius 3 is 1.14 bits per heavy atom. The standard InChI is InChI=1S/2C25H26N6O.C13H11N3.C12H16ClN3O/c2*1-22(2,32)24-9-18(10-24)30(14-24)20-8-21(28-15-27-20)31-19-7-17(4-3-16(19)11-29-31)25(13-26)12-23(25)5-6-23;14-8-13(7-12(13)3-4-12)10-2-1-9-6-15-16-11(9)5-10;1-11(2,17)12-4-8(5-12)16(6-12)10-3-9(13)14-7-15-10/h2*3-4,7-8,11,15,18,32H,5-6,9-10,12,14H2,1-2H3;1-2,5-6H,3-4,7H2,(H,15,16);3,7-8,17H,4-6H2,1-2H3/t2*18?,24?,25-;13-;/m111./s1. The number of H-pyrrole nitrogens is 1. The molecule has 97 heavy (non-hydrogen) atoms. The van der Waals surface area contributed by atoms with E-state index in [2.05, 4.69) is 138 Å². The molecule has 9 saturated carbocycles. The van der Waals surface area contributed by atoms with Gasteiger partial charge in [-0.25, -0.2) is 39.3 Å². The number of aromatic nitrogens is 12. The second kappa shape index (κ2) is 19.8. The number of nitrogens with zero attached hydrogens (tertiary/aromatic N) is 17. The number of hydrogen-bond donors (Lipinski definition) is 4. The quantitative estimate of drug-likeness (QED) is 0.0875. The van der Waals surface area contributed by atoms with Gasteiger partial charge >= 0.3 is 0 Å². The third-order valence-electron chi connectivity index (χ3n) is 27.0. The molecule has 22 heteroatoms. The fourth-order valence-electron chi connectivity index (χ4n) is 19.2. The van der Waals surface area contributed by atoms with Crippen LogP contribution in [0, 0.1) is 66.5 Å². The zero-order valence-corrected chi connectivity index (χ0v) is 56.4. The van der Waals surface area contributed by atoms with Crippen LogP contribution in [0.3, 0.4) is 0 Å². The summed E-state index contributed by atoms with van der Waals surface area (Å²) in [6.45, 7) is 14.0. The molecule has 3 spiro atoms. The normalized spacial score (nSPS) is 31.2. The molecule has 3 atom stereocenters. The van der Waals surface area contributed by atoms with Gasteiger partial charge in [0.25, 0.3) is 0 Å². The van der Waals surface area contributed by atoms with Gasteiger partial charge in [-0.05, 0) is 189 Å². The smallest absolute Gasteiger partial charge is 0.159 e. The topological polar surface area (TPSA) is 283 Å². The summed E-state index contributed by atoms with van der Waals surface area (Å²) in [5, 5.41) is 80.8. The van der Waals surface area contributed by atoms with Crippen LogP contribution in [-0.2, 0) is 16.2 Å². The average Bonchev–Trinajstić information content (AvgIpc) is 1.50. The predicted molar refractivity (Wildman–Crippen MR) is 364 cm³/mol. The van der Waals surface area contributed by atoms with E-state index in [1.807, 2.05) is 81.6 Å². The molecule has 15 aliphatic rings. The Morgan fingerprint density at radius 1 is 0.454 bits per heavy atom. The highest BCUT2D eigenvalue weighted by molar-refractivity contribution is 6.29. The third-order valence-corrected chi connectivity index (χ3v) is 27.2. The van der Waals surface area contributed by atoms with E-state index in [0.717, 1.165) is 176 Å². The first-order valence-corrected chi connectivity index (χ1v) is 34.9. The molecule has 9 aliphatic carbocycles. The largest absolute Gasteiger partial charge is 0.390 e. The van der Waals surface area contributed by atoms with Crippen molar-refractivity contribution in [3.63, 3.8) is 0 Å². The number of nitriles is 3. The Bertz CT molecular complexity index is 4680. The number of benzene rings is 3. The highest BCUT2D eigenvalue weighted by atomic mass is 35.5. The molecule has 6 aromatic heterocycles. The molecule has 9 aromatic rings. The molecule has 6 bridgehead atoms. The molecule has 3 aromatic carbocycles. The van der Waals surface area contributed by atoms with E-state index in [0.29, 0.717) is 28.7 Å². The van der Waals surface area contributed by atoms with E-state index in [-0.39, 0.29) is 43.3 Å². The van der Waals surface area contributed by atoms with E-state index >= 15 is 0 Å². The summed E-state index contributed by atoms with van der Waals surface area (Å²) in [5.74, 6) is 4.10. The van der Waals surface area contributed by atoms with Crippen LogP contribution in [0.1, 0.15) is 155 Å². The van der Waals surface area contributed by atoms with Crippen LogP contribution in [0.5, 0.6) is 0 Å². The highest BCUT2D eigenvalue weighted by Crippen LogP contribution is 2.80. The van der Waals surface area contributed by atoms with Crippen LogP contribution in [0.4, 0.5) is 17.5 Å². The van der Waals surface area contributed by atoms with Crippen molar-refractivity contribution < 1.29 is 15.3 Å². The van der Waals surface area contributed by atoms with Crippen LogP contribution >= 0.6 is 11.6 Å². The molecule has 12 heterocycles. The maximum absolute atomic E-state index is 10.7. The predicted octanol–water partition coefficient (Wildman–Crippen LogP) is 11.4. The van der Waals surface area contributed by atoms with Gasteiger partial charge in [0, 0.05) is 88.4 Å². The summed E-state index contributed by atoms with van der Waals surface area (Å²) in [6.07, 6.45) is 26.4. The van der Waals surface area contributed by atoms with Crippen molar-refractivity contribution in [3.05, 3.63) is 132 Å². The fraction of sp³-hybridized carbons (Fsp3) is 0.520. The molecule has 24 rings (SSSR count). The maximum atomic E-state index is 10.7. The van der Waals surface area contributed by atoms with Gasteiger partial charge in [0.2, 0.25) is 0 Å². The second-order valence-corrected chi connectivity index (χ2v) is 33.4. The Kier molecular flexibility index (Phi) is 12.4. The first-order chi connectivity index (χ1) is 46.3. The van der Waals surface area contributed by atoms with Gasteiger partial charge in [0.05, 0.1) is 86.4 Å². The molecule has 6 saturated heterocycles. The average molecular weight is 1320 g/mol. The van der Waals surface area contributed by atoms with Crippen molar-refractivity contribution in [1.29, 1.82) is 15.8 Å². The summed E-state index contributed by atoms with van der Waals surface area (Å²) in [6, 6.07) is 33.8. The summed E-state index contributed by atoms with van der Waals surface area (Å²) in [7, 11) is 0. The number of anilines is 3. The van der Waals surface area contributed by atoms with E-state index < -0.39 is 16.8 Å².